The molecule has 14 heavy (non-hydrogen) atoms. The third-order valence-electron chi connectivity index (χ3n) is 4.28. The maximum absolute atomic E-state index is 2.32. The van der Waals surface area contributed by atoms with Crippen LogP contribution in [0, 0.1) is 11.8 Å². The molecule has 1 saturated heterocycles. The number of hydrogen-bond donors (Lipinski definition) is 0. The van der Waals surface area contributed by atoms with Crippen LogP contribution < -0.4 is 0 Å². The zero-order valence-corrected chi connectivity index (χ0v) is 10.5. The van der Waals surface area contributed by atoms with Crippen molar-refractivity contribution in [3.8, 4) is 0 Å². The molecule has 0 aromatic rings. The minimum Gasteiger partial charge on any atom is -0.144 e. The van der Waals surface area contributed by atoms with Gasteiger partial charge in [-0.2, -0.15) is 0 Å². The van der Waals surface area contributed by atoms with Crippen LogP contribution in [0.15, 0.2) is 0 Å². The van der Waals surface area contributed by atoms with Gasteiger partial charge in [-0.3, -0.25) is 0 Å². The molecule has 2 saturated carbocycles. The Hall–Kier alpha value is 0.700. The highest BCUT2D eigenvalue weighted by Crippen LogP contribution is 2.58. The molecule has 0 N–H and O–H groups in total. The fourth-order valence-electron chi connectivity index (χ4n) is 3.55. The fourth-order valence-corrected chi connectivity index (χ4v) is 7.31. The lowest BCUT2D eigenvalue weighted by atomic mass is 10.00. The van der Waals surface area contributed by atoms with Gasteiger partial charge < -0.3 is 0 Å². The topological polar surface area (TPSA) is 0 Å². The predicted octanol–water partition coefficient (Wildman–Crippen LogP) is 4.15. The van der Waals surface area contributed by atoms with Gasteiger partial charge in [-0.25, -0.2) is 0 Å². The van der Waals surface area contributed by atoms with Crippen LogP contribution in [0.4, 0.5) is 0 Å². The molecule has 1 aliphatic heterocycles. The van der Waals surface area contributed by atoms with Crippen LogP contribution in [0.5, 0.6) is 0 Å². The van der Waals surface area contributed by atoms with Crippen LogP contribution in [0.2, 0.25) is 0 Å². The first-order valence-electron chi connectivity index (χ1n) is 6.17. The largest absolute Gasteiger partial charge is 0.144 e. The minimum absolute atomic E-state index is 0.684. The Bertz CT molecular complexity index is 208. The summed E-state index contributed by atoms with van der Waals surface area (Å²) in [6, 6.07) is 0. The van der Waals surface area contributed by atoms with E-state index in [0.717, 1.165) is 11.8 Å². The van der Waals surface area contributed by atoms with Crippen molar-refractivity contribution in [1.82, 2.24) is 0 Å². The maximum Gasteiger partial charge on any atom is 0.0639 e. The summed E-state index contributed by atoms with van der Waals surface area (Å²) in [6.07, 6.45) is 10.7. The molecular weight excluding hydrogens is 208 g/mol. The Morgan fingerprint density at radius 2 is 1.79 bits per heavy atom. The molecule has 3 fully saturated rings. The standard InChI is InChI=1S/C12H20S2/c1-3-10-4-5-11(9-10)12(6-1)13-7-2-8-14-12/h10-11H,1-9H2. The lowest BCUT2D eigenvalue weighted by Gasteiger charge is -2.40. The van der Waals surface area contributed by atoms with Crippen molar-refractivity contribution in [2.45, 2.75) is 49.0 Å². The van der Waals surface area contributed by atoms with Crippen molar-refractivity contribution in [3.63, 3.8) is 0 Å². The van der Waals surface area contributed by atoms with Gasteiger partial charge in [-0.15, -0.1) is 23.5 Å². The summed E-state index contributed by atoms with van der Waals surface area (Å²) in [5.41, 5.74) is 0. The van der Waals surface area contributed by atoms with E-state index in [0.29, 0.717) is 4.08 Å². The van der Waals surface area contributed by atoms with Gasteiger partial charge in [-0.05, 0) is 49.0 Å². The number of rotatable bonds is 0. The van der Waals surface area contributed by atoms with Crippen LogP contribution in [0.25, 0.3) is 0 Å². The van der Waals surface area contributed by atoms with E-state index in [1.165, 1.54) is 30.8 Å². The van der Waals surface area contributed by atoms with Crippen molar-refractivity contribution < 1.29 is 0 Å². The van der Waals surface area contributed by atoms with Crippen LogP contribution in [0.1, 0.15) is 44.9 Å². The van der Waals surface area contributed by atoms with E-state index >= 15 is 0 Å². The van der Waals surface area contributed by atoms with Gasteiger partial charge in [0.15, 0.2) is 0 Å². The minimum atomic E-state index is 0.684. The lowest BCUT2D eigenvalue weighted by Crippen LogP contribution is -2.32. The first-order chi connectivity index (χ1) is 6.89. The van der Waals surface area contributed by atoms with Gasteiger partial charge in [0.2, 0.25) is 0 Å². The van der Waals surface area contributed by atoms with Gasteiger partial charge in [0.1, 0.15) is 0 Å². The van der Waals surface area contributed by atoms with Crippen molar-refractivity contribution in [2.75, 3.05) is 11.5 Å². The lowest BCUT2D eigenvalue weighted by molar-refractivity contribution is 0.471. The summed E-state index contributed by atoms with van der Waals surface area (Å²) >= 11 is 4.64. The van der Waals surface area contributed by atoms with Gasteiger partial charge in [-0.1, -0.05) is 19.3 Å². The highest BCUT2D eigenvalue weighted by atomic mass is 32.2. The van der Waals surface area contributed by atoms with Crippen molar-refractivity contribution in [1.29, 1.82) is 0 Å². The summed E-state index contributed by atoms with van der Waals surface area (Å²) < 4.78 is 0.684. The molecule has 2 heteroatoms. The average Bonchev–Trinajstić information content (AvgIpc) is 2.61. The number of fused-ring (bicyclic) bond motifs is 3. The first-order valence-corrected chi connectivity index (χ1v) is 8.14. The molecular formula is C12H20S2. The zero-order valence-electron chi connectivity index (χ0n) is 8.84. The summed E-state index contributed by atoms with van der Waals surface area (Å²) in [4.78, 5) is 0. The summed E-state index contributed by atoms with van der Waals surface area (Å²) in [7, 11) is 0. The molecule has 2 unspecified atom stereocenters. The van der Waals surface area contributed by atoms with Gasteiger partial charge >= 0.3 is 0 Å². The SMILES string of the molecule is C1CSC2(CCCC3CCC2C3)SC1. The second kappa shape index (κ2) is 3.93. The summed E-state index contributed by atoms with van der Waals surface area (Å²) in [5.74, 6) is 5.07. The molecule has 1 heterocycles. The van der Waals surface area contributed by atoms with Crippen LogP contribution in [-0.2, 0) is 0 Å². The Morgan fingerprint density at radius 1 is 0.929 bits per heavy atom. The second-order valence-corrected chi connectivity index (χ2v) is 8.24. The Balaban J connectivity index is 1.81. The van der Waals surface area contributed by atoms with E-state index in [1.54, 1.807) is 25.7 Å². The molecule has 2 atom stereocenters. The molecule has 0 aromatic heterocycles. The summed E-state index contributed by atoms with van der Waals surface area (Å²) in [6.45, 7) is 0. The van der Waals surface area contributed by atoms with Gasteiger partial charge in [0, 0.05) is 0 Å². The molecule has 3 aliphatic rings. The average molecular weight is 228 g/mol. The monoisotopic (exact) mass is 228 g/mol. The molecule has 2 aliphatic carbocycles. The zero-order chi connectivity index (χ0) is 9.43. The number of thioether (sulfide) groups is 2. The fraction of sp³-hybridized carbons (Fsp3) is 1.00. The molecule has 80 valence electrons. The van der Waals surface area contributed by atoms with E-state index in [-0.39, 0.29) is 0 Å². The van der Waals surface area contributed by atoms with E-state index in [9.17, 15) is 0 Å². The Morgan fingerprint density at radius 3 is 2.64 bits per heavy atom. The van der Waals surface area contributed by atoms with Gasteiger partial charge in [0.25, 0.3) is 0 Å². The molecule has 3 rings (SSSR count). The molecule has 0 nitrogen and oxygen atoms in total. The second-order valence-electron chi connectivity index (χ2n) is 5.13. The maximum atomic E-state index is 2.32. The molecule has 2 bridgehead atoms. The smallest absolute Gasteiger partial charge is 0.0639 e. The van der Waals surface area contributed by atoms with E-state index in [4.69, 9.17) is 0 Å². The molecule has 1 spiro atoms. The quantitative estimate of drug-likeness (QED) is 0.611. The molecule has 0 radical (unpaired) electrons. The third-order valence-corrected chi connectivity index (χ3v) is 8.03. The Kier molecular flexibility index (Phi) is 2.78. The first kappa shape index (κ1) is 9.89. The number of hydrogen-bond acceptors (Lipinski definition) is 2. The predicted molar refractivity (Wildman–Crippen MR) is 66.9 cm³/mol. The third kappa shape index (κ3) is 1.63. The van der Waals surface area contributed by atoms with Crippen molar-refractivity contribution in [3.05, 3.63) is 0 Å². The normalized spacial score (nSPS) is 41.1. The van der Waals surface area contributed by atoms with Gasteiger partial charge in [0.05, 0.1) is 4.08 Å². The Labute approximate surface area is 96.0 Å². The van der Waals surface area contributed by atoms with E-state index in [2.05, 4.69) is 23.5 Å². The highest BCUT2D eigenvalue weighted by molar-refractivity contribution is 8.18. The van der Waals surface area contributed by atoms with Crippen LogP contribution in [0.3, 0.4) is 0 Å². The van der Waals surface area contributed by atoms with E-state index in [1.807, 2.05) is 0 Å². The van der Waals surface area contributed by atoms with Crippen molar-refractivity contribution in [2.24, 2.45) is 11.8 Å². The van der Waals surface area contributed by atoms with E-state index < -0.39 is 0 Å². The molecule has 0 aromatic carbocycles. The van der Waals surface area contributed by atoms with Crippen molar-refractivity contribution >= 4 is 23.5 Å². The highest BCUT2D eigenvalue weighted by Gasteiger charge is 2.46. The summed E-state index contributed by atoms with van der Waals surface area (Å²) in [5, 5.41) is 0. The van der Waals surface area contributed by atoms with Crippen LogP contribution >= 0.6 is 23.5 Å². The molecule has 0 amide bonds. The van der Waals surface area contributed by atoms with Crippen LogP contribution in [-0.4, -0.2) is 15.6 Å².